The number of aliphatic imine (C=N–C) groups is 1. The fourth-order valence-corrected chi connectivity index (χ4v) is 3.56. The maximum atomic E-state index is 8.88. The summed E-state index contributed by atoms with van der Waals surface area (Å²) in [4.78, 5) is 11.8. The summed E-state index contributed by atoms with van der Waals surface area (Å²) in [5, 5.41) is 0. The third-order valence-electron chi connectivity index (χ3n) is 4.56. The summed E-state index contributed by atoms with van der Waals surface area (Å²) >= 11 is 0. The van der Waals surface area contributed by atoms with Crippen LogP contribution < -0.4 is 0 Å². The average molecular weight is 251 g/mol. The second-order valence-electron chi connectivity index (χ2n) is 5.82. The third-order valence-corrected chi connectivity index (χ3v) is 4.56. The molecule has 2 aliphatic rings. The van der Waals surface area contributed by atoms with Gasteiger partial charge in [-0.1, -0.05) is 77.0 Å². The standard InChI is InChI=1S/C14H26.C2H3NO/c1-2-6-10-13(9-5-1)14-11-7-3-4-8-12-14;1-3-2-4/h13-14H,1-12H2;1H3. The summed E-state index contributed by atoms with van der Waals surface area (Å²) < 4.78 is 0. The Hall–Kier alpha value is -0.620. The van der Waals surface area contributed by atoms with Crippen LogP contribution in [0.5, 0.6) is 0 Å². The molecule has 2 saturated carbocycles. The Kier molecular flexibility index (Phi) is 8.85. The quantitative estimate of drug-likeness (QED) is 0.371. The van der Waals surface area contributed by atoms with Crippen molar-refractivity contribution in [1.82, 2.24) is 0 Å². The van der Waals surface area contributed by atoms with Crippen LogP contribution in [-0.4, -0.2) is 13.1 Å². The van der Waals surface area contributed by atoms with Crippen LogP contribution >= 0.6 is 0 Å². The monoisotopic (exact) mass is 251 g/mol. The van der Waals surface area contributed by atoms with Crippen LogP contribution in [0.3, 0.4) is 0 Å². The molecule has 0 atom stereocenters. The zero-order valence-electron chi connectivity index (χ0n) is 12.0. The molecule has 0 N–H and O–H groups in total. The highest BCUT2D eigenvalue weighted by Gasteiger charge is 2.23. The molecule has 0 amide bonds. The van der Waals surface area contributed by atoms with Crippen LogP contribution in [0.25, 0.3) is 0 Å². The van der Waals surface area contributed by atoms with E-state index in [2.05, 4.69) is 4.99 Å². The highest BCUT2D eigenvalue weighted by atomic mass is 16.1. The van der Waals surface area contributed by atoms with Crippen LogP contribution in [0.15, 0.2) is 4.99 Å². The largest absolute Gasteiger partial charge is 0.234 e. The number of rotatable bonds is 1. The molecule has 2 fully saturated rings. The number of hydrogen-bond acceptors (Lipinski definition) is 2. The Bertz CT molecular complexity index is 211. The van der Waals surface area contributed by atoms with E-state index >= 15 is 0 Å². The van der Waals surface area contributed by atoms with Crippen LogP contribution in [0.4, 0.5) is 0 Å². The summed E-state index contributed by atoms with van der Waals surface area (Å²) in [6.45, 7) is 0. The van der Waals surface area contributed by atoms with E-state index < -0.39 is 0 Å². The van der Waals surface area contributed by atoms with Gasteiger partial charge in [0.15, 0.2) is 0 Å². The maximum Gasteiger partial charge on any atom is 0.234 e. The smallest absolute Gasteiger partial charge is 0.211 e. The van der Waals surface area contributed by atoms with Crippen LogP contribution in [-0.2, 0) is 4.79 Å². The van der Waals surface area contributed by atoms with Gasteiger partial charge >= 0.3 is 0 Å². The molecule has 0 aromatic rings. The lowest BCUT2D eigenvalue weighted by atomic mass is 9.81. The van der Waals surface area contributed by atoms with Crippen molar-refractivity contribution in [2.75, 3.05) is 7.05 Å². The van der Waals surface area contributed by atoms with Gasteiger partial charge in [0, 0.05) is 7.05 Å². The van der Waals surface area contributed by atoms with E-state index in [1.807, 2.05) is 0 Å². The molecule has 18 heavy (non-hydrogen) atoms. The fraction of sp³-hybridized carbons (Fsp3) is 0.938. The van der Waals surface area contributed by atoms with Crippen LogP contribution in [0.1, 0.15) is 77.0 Å². The van der Waals surface area contributed by atoms with E-state index in [0.29, 0.717) is 0 Å². The number of hydrogen-bond donors (Lipinski definition) is 0. The lowest BCUT2D eigenvalue weighted by Gasteiger charge is -2.24. The second-order valence-corrected chi connectivity index (χ2v) is 5.82. The Morgan fingerprint density at radius 3 is 1.22 bits per heavy atom. The van der Waals surface area contributed by atoms with E-state index in [1.165, 1.54) is 64.5 Å². The van der Waals surface area contributed by atoms with E-state index in [4.69, 9.17) is 4.79 Å². The summed E-state index contributed by atoms with van der Waals surface area (Å²) in [6, 6.07) is 0. The molecule has 2 heteroatoms. The molecule has 2 rings (SSSR count). The predicted molar refractivity (Wildman–Crippen MR) is 76.4 cm³/mol. The summed E-state index contributed by atoms with van der Waals surface area (Å²) in [7, 11) is 1.38. The summed E-state index contributed by atoms with van der Waals surface area (Å²) in [5.41, 5.74) is 0. The minimum absolute atomic E-state index is 1.12. The van der Waals surface area contributed by atoms with E-state index in [-0.39, 0.29) is 0 Å². The van der Waals surface area contributed by atoms with Gasteiger partial charge < -0.3 is 0 Å². The van der Waals surface area contributed by atoms with Crippen LogP contribution in [0.2, 0.25) is 0 Å². The number of isocyanates is 1. The molecule has 2 nitrogen and oxygen atoms in total. The molecule has 0 aliphatic heterocycles. The van der Waals surface area contributed by atoms with Crippen molar-refractivity contribution in [3.05, 3.63) is 0 Å². The molecule has 0 spiro atoms. The number of carbonyl (C=O) groups excluding carboxylic acids is 1. The zero-order valence-corrected chi connectivity index (χ0v) is 12.0. The van der Waals surface area contributed by atoms with Gasteiger partial charge in [0.1, 0.15) is 0 Å². The van der Waals surface area contributed by atoms with Crippen molar-refractivity contribution in [2.45, 2.75) is 77.0 Å². The van der Waals surface area contributed by atoms with Gasteiger partial charge in [-0.15, -0.1) is 0 Å². The van der Waals surface area contributed by atoms with Gasteiger partial charge in [0.25, 0.3) is 0 Å². The Morgan fingerprint density at radius 1 is 0.722 bits per heavy atom. The molecule has 0 heterocycles. The molecule has 0 unspecified atom stereocenters. The first kappa shape index (κ1) is 15.4. The normalized spacial score (nSPS) is 22.9. The molecular weight excluding hydrogens is 222 g/mol. The second kappa shape index (κ2) is 10.3. The van der Waals surface area contributed by atoms with Crippen molar-refractivity contribution in [3.63, 3.8) is 0 Å². The van der Waals surface area contributed by atoms with Gasteiger partial charge in [-0.25, -0.2) is 9.79 Å². The van der Waals surface area contributed by atoms with Gasteiger partial charge in [0.2, 0.25) is 6.08 Å². The Morgan fingerprint density at radius 2 is 1.00 bits per heavy atom. The van der Waals surface area contributed by atoms with Crippen molar-refractivity contribution in [2.24, 2.45) is 16.8 Å². The SMILES string of the molecule is C1CCCC(C2CCCCCC2)CC1.CN=C=O. The predicted octanol–water partition coefficient (Wildman–Crippen LogP) is 4.88. The first-order valence-electron chi connectivity index (χ1n) is 7.84. The molecule has 0 aromatic carbocycles. The average Bonchev–Trinajstić information content (AvgIpc) is 2.83. The van der Waals surface area contributed by atoms with Gasteiger partial charge in [-0.2, -0.15) is 0 Å². The molecule has 0 saturated heterocycles. The Balaban J connectivity index is 0.000000357. The van der Waals surface area contributed by atoms with Gasteiger partial charge in [-0.3, -0.25) is 0 Å². The molecule has 0 aromatic heterocycles. The highest BCUT2D eigenvalue weighted by molar-refractivity contribution is 5.32. The van der Waals surface area contributed by atoms with E-state index in [9.17, 15) is 0 Å². The zero-order chi connectivity index (χ0) is 13.1. The van der Waals surface area contributed by atoms with Crippen molar-refractivity contribution in [3.8, 4) is 0 Å². The molecule has 0 bridgehead atoms. The van der Waals surface area contributed by atoms with Crippen molar-refractivity contribution < 1.29 is 4.79 Å². The first-order valence-corrected chi connectivity index (χ1v) is 7.84. The minimum atomic E-state index is 1.12. The first-order chi connectivity index (χ1) is 8.88. The van der Waals surface area contributed by atoms with E-state index in [0.717, 1.165) is 11.8 Å². The molecule has 0 radical (unpaired) electrons. The fourth-order valence-electron chi connectivity index (χ4n) is 3.56. The van der Waals surface area contributed by atoms with E-state index in [1.54, 1.807) is 25.7 Å². The van der Waals surface area contributed by atoms with Crippen molar-refractivity contribution >= 4 is 6.08 Å². The third kappa shape index (κ3) is 6.35. The van der Waals surface area contributed by atoms with Gasteiger partial charge in [0.05, 0.1) is 0 Å². The molecule has 104 valence electrons. The lowest BCUT2D eigenvalue weighted by molar-refractivity contribution is 0.269. The number of nitrogens with zero attached hydrogens (tertiary/aromatic N) is 1. The summed E-state index contributed by atoms with van der Waals surface area (Å²) in [5.74, 6) is 2.24. The lowest BCUT2D eigenvalue weighted by Crippen LogP contribution is -2.13. The molecular formula is C16H29NO. The van der Waals surface area contributed by atoms with Crippen LogP contribution in [0, 0.1) is 11.8 Å². The summed E-state index contributed by atoms with van der Waals surface area (Å²) in [6.07, 6.45) is 19.7. The maximum absolute atomic E-state index is 8.88. The Labute approximate surface area is 112 Å². The highest BCUT2D eigenvalue weighted by Crippen LogP contribution is 2.36. The van der Waals surface area contributed by atoms with Crippen molar-refractivity contribution in [1.29, 1.82) is 0 Å². The minimum Gasteiger partial charge on any atom is -0.211 e. The van der Waals surface area contributed by atoms with Gasteiger partial charge in [-0.05, 0) is 11.8 Å². The topological polar surface area (TPSA) is 29.4 Å². The molecule has 2 aliphatic carbocycles.